The van der Waals surface area contributed by atoms with E-state index < -0.39 is 0 Å². The van der Waals surface area contributed by atoms with Gasteiger partial charge in [-0.25, -0.2) is 0 Å². The molecule has 6 heteroatoms. The fourth-order valence-corrected chi connectivity index (χ4v) is 3.75. The predicted molar refractivity (Wildman–Crippen MR) is 114 cm³/mol. The number of para-hydroxylation sites is 2. The number of hydrogen-bond donors (Lipinski definition) is 1. The number of ether oxygens (including phenoxy) is 1. The van der Waals surface area contributed by atoms with E-state index in [0.717, 1.165) is 49.6 Å². The first-order valence-corrected chi connectivity index (χ1v) is 10.0. The molecule has 29 heavy (non-hydrogen) atoms. The molecule has 1 fully saturated rings. The van der Waals surface area contributed by atoms with Crippen molar-refractivity contribution in [3.8, 4) is 11.8 Å². The zero-order valence-corrected chi connectivity index (χ0v) is 17.1. The van der Waals surface area contributed by atoms with Crippen molar-refractivity contribution in [3.05, 3.63) is 59.7 Å². The van der Waals surface area contributed by atoms with E-state index in [1.807, 2.05) is 55.5 Å². The average molecular weight is 393 g/mol. The van der Waals surface area contributed by atoms with E-state index in [4.69, 9.17) is 4.74 Å². The van der Waals surface area contributed by atoms with Gasteiger partial charge in [-0.1, -0.05) is 30.3 Å². The second-order valence-corrected chi connectivity index (χ2v) is 7.21. The Hall–Kier alpha value is -3.04. The molecule has 0 bridgehead atoms. The Labute approximate surface area is 172 Å². The van der Waals surface area contributed by atoms with E-state index in [2.05, 4.69) is 21.2 Å². The highest BCUT2D eigenvalue weighted by atomic mass is 16.5. The van der Waals surface area contributed by atoms with Crippen molar-refractivity contribution in [1.82, 2.24) is 10.2 Å². The number of hydrogen-bond acceptors (Lipinski definition) is 5. The molecule has 1 atom stereocenters. The van der Waals surface area contributed by atoms with E-state index in [0.29, 0.717) is 12.1 Å². The maximum Gasteiger partial charge on any atom is 0.237 e. The Bertz CT molecular complexity index is 877. The van der Waals surface area contributed by atoms with Crippen LogP contribution in [-0.2, 0) is 11.3 Å². The van der Waals surface area contributed by atoms with Crippen molar-refractivity contribution in [2.45, 2.75) is 25.9 Å². The first-order chi connectivity index (χ1) is 14.1. The third-order valence-electron chi connectivity index (χ3n) is 5.47. The monoisotopic (exact) mass is 392 g/mol. The Balaban J connectivity index is 1.58. The number of methoxy groups -OCH3 is 1. The molecule has 0 radical (unpaired) electrons. The number of carbonyl (C=O) groups excluding carboxylic acids is 1. The highest BCUT2D eigenvalue weighted by molar-refractivity contribution is 5.81. The van der Waals surface area contributed by atoms with Gasteiger partial charge in [-0.05, 0) is 31.5 Å². The van der Waals surface area contributed by atoms with Gasteiger partial charge in [-0.2, -0.15) is 5.26 Å². The van der Waals surface area contributed by atoms with Crippen molar-refractivity contribution >= 4 is 11.6 Å². The molecule has 1 amide bonds. The molecule has 2 aromatic rings. The predicted octanol–water partition coefficient (Wildman–Crippen LogP) is 2.78. The minimum absolute atomic E-state index is 0.0155. The highest BCUT2D eigenvalue weighted by Gasteiger charge is 2.24. The molecule has 1 heterocycles. The highest BCUT2D eigenvalue weighted by Crippen LogP contribution is 2.22. The Kier molecular flexibility index (Phi) is 7.09. The number of rotatable bonds is 6. The summed E-state index contributed by atoms with van der Waals surface area (Å²) in [5, 5.41) is 12.4. The molecule has 0 spiro atoms. The van der Waals surface area contributed by atoms with Crippen LogP contribution in [0.5, 0.6) is 5.75 Å². The van der Waals surface area contributed by atoms with Gasteiger partial charge in [0.05, 0.1) is 24.4 Å². The molecule has 1 N–H and O–H groups in total. The van der Waals surface area contributed by atoms with E-state index in [9.17, 15) is 10.1 Å². The number of nitrogens with zero attached hydrogens (tertiary/aromatic N) is 3. The topological polar surface area (TPSA) is 68.6 Å². The summed E-state index contributed by atoms with van der Waals surface area (Å²) in [6.45, 7) is 5.71. The Morgan fingerprint density at radius 1 is 1.14 bits per heavy atom. The molecule has 0 unspecified atom stereocenters. The normalized spacial score (nSPS) is 15.8. The second-order valence-electron chi connectivity index (χ2n) is 7.21. The number of nitrogens with one attached hydrogen (secondary N) is 1. The Morgan fingerprint density at radius 3 is 2.69 bits per heavy atom. The Morgan fingerprint density at radius 2 is 1.90 bits per heavy atom. The molecule has 0 aromatic heterocycles. The summed E-state index contributed by atoms with van der Waals surface area (Å²) in [4.78, 5) is 17.2. The quantitative estimate of drug-likeness (QED) is 0.819. The van der Waals surface area contributed by atoms with E-state index in [-0.39, 0.29) is 11.9 Å². The first kappa shape index (κ1) is 20.7. The van der Waals surface area contributed by atoms with Crippen molar-refractivity contribution < 1.29 is 9.53 Å². The van der Waals surface area contributed by atoms with Crippen LogP contribution in [0.3, 0.4) is 0 Å². The molecule has 1 aliphatic rings. The second kappa shape index (κ2) is 9.94. The summed E-state index contributed by atoms with van der Waals surface area (Å²) in [5.41, 5.74) is 2.64. The van der Waals surface area contributed by atoms with Crippen LogP contribution in [0.1, 0.15) is 24.5 Å². The van der Waals surface area contributed by atoms with Gasteiger partial charge in [0, 0.05) is 38.3 Å². The number of anilines is 1. The van der Waals surface area contributed by atoms with E-state index >= 15 is 0 Å². The summed E-state index contributed by atoms with van der Waals surface area (Å²) < 4.78 is 5.35. The largest absolute Gasteiger partial charge is 0.496 e. The van der Waals surface area contributed by atoms with Gasteiger partial charge in [-0.3, -0.25) is 9.69 Å². The fraction of sp³-hybridized carbons (Fsp3) is 0.391. The molecule has 2 aromatic carbocycles. The van der Waals surface area contributed by atoms with Gasteiger partial charge in [0.1, 0.15) is 11.8 Å². The number of amides is 1. The summed E-state index contributed by atoms with van der Waals surface area (Å²) in [5.74, 6) is 0.795. The molecule has 1 aliphatic heterocycles. The van der Waals surface area contributed by atoms with Crippen molar-refractivity contribution in [1.29, 1.82) is 5.26 Å². The lowest BCUT2D eigenvalue weighted by molar-refractivity contribution is -0.126. The van der Waals surface area contributed by atoms with Crippen LogP contribution in [0, 0.1) is 11.3 Å². The third-order valence-corrected chi connectivity index (χ3v) is 5.47. The fourth-order valence-electron chi connectivity index (χ4n) is 3.75. The standard InChI is InChI=1S/C23H28N4O2/c1-18(23(28)25-17-20-9-4-6-11-22(20)29-2)26-12-7-13-27(15-14-26)21-10-5-3-8-19(21)16-24/h3-6,8-11,18H,7,12-15,17H2,1-2H3,(H,25,28)/t18-/m1/s1. The van der Waals surface area contributed by atoms with Gasteiger partial charge in [0.25, 0.3) is 0 Å². The van der Waals surface area contributed by atoms with Gasteiger partial charge in [0.15, 0.2) is 0 Å². The van der Waals surface area contributed by atoms with Gasteiger partial charge in [-0.15, -0.1) is 0 Å². The van der Waals surface area contributed by atoms with Crippen LogP contribution >= 0.6 is 0 Å². The van der Waals surface area contributed by atoms with Gasteiger partial charge >= 0.3 is 0 Å². The molecule has 0 aliphatic carbocycles. The molecule has 1 saturated heterocycles. The summed E-state index contributed by atoms with van der Waals surface area (Å²) in [6.07, 6.45) is 0.948. The van der Waals surface area contributed by atoms with Crippen molar-refractivity contribution in [3.63, 3.8) is 0 Å². The lowest BCUT2D eigenvalue weighted by atomic mass is 10.1. The molecule has 6 nitrogen and oxygen atoms in total. The third kappa shape index (κ3) is 5.07. The molecule has 0 saturated carbocycles. The first-order valence-electron chi connectivity index (χ1n) is 10.0. The zero-order chi connectivity index (χ0) is 20.6. The van der Waals surface area contributed by atoms with E-state index in [1.54, 1.807) is 7.11 Å². The van der Waals surface area contributed by atoms with Crippen LogP contribution in [0.25, 0.3) is 0 Å². The van der Waals surface area contributed by atoms with Crippen molar-refractivity contribution in [2.75, 3.05) is 38.2 Å². The SMILES string of the molecule is COc1ccccc1CNC(=O)[C@@H](C)N1CCCN(c2ccccc2C#N)CC1. The minimum atomic E-state index is -0.212. The summed E-state index contributed by atoms with van der Waals surface area (Å²) >= 11 is 0. The molecular weight excluding hydrogens is 364 g/mol. The lowest BCUT2D eigenvalue weighted by Crippen LogP contribution is -2.46. The van der Waals surface area contributed by atoms with Crippen LogP contribution in [-0.4, -0.2) is 50.1 Å². The average Bonchev–Trinajstić information content (AvgIpc) is 3.03. The number of carbonyl (C=O) groups is 1. The van der Waals surface area contributed by atoms with Crippen LogP contribution < -0.4 is 15.0 Å². The molecular formula is C23H28N4O2. The summed E-state index contributed by atoms with van der Waals surface area (Å²) in [6, 6.07) is 17.5. The maximum atomic E-state index is 12.7. The van der Waals surface area contributed by atoms with Gasteiger partial charge < -0.3 is 15.0 Å². The number of benzene rings is 2. The number of nitriles is 1. The van der Waals surface area contributed by atoms with Crippen LogP contribution in [0.4, 0.5) is 5.69 Å². The molecule has 152 valence electrons. The van der Waals surface area contributed by atoms with Crippen LogP contribution in [0.15, 0.2) is 48.5 Å². The van der Waals surface area contributed by atoms with Crippen LogP contribution in [0.2, 0.25) is 0 Å². The summed E-state index contributed by atoms with van der Waals surface area (Å²) in [7, 11) is 1.64. The van der Waals surface area contributed by atoms with Crippen molar-refractivity contribution in [2.24, 2.45) is 0 Å². The lowest BCUT2D eigenvalue weighted by Gasteiger charge is -2.27. The maximum absolute atomic E-state index is 12.7. The smallest absolute Gasteiger partial charge is 0.237 e. The molecule has 3 rings (SSSR count). The zero-order valence-electron chi connectivity index (χ0n) is 17.1. The van der Waals surface area contributed by atoms with Gasteiger partial charge in [0.2, 0.25) is 5.91 Å². The van der Waals surface area contributed by atoms with E-state index in [1.165, 1.54) is 0 Å². The minimum Gasteiger partial charge on any atom is -0.496 e.